The van der Waals surface area contributed by atoms with E-state index in [9.17, 15) is 0 Å². The van der Waals surface area contributed by atoms with Gasteiger partial charge in [-0.25, -0.2) is 0 Å². The second kappa shape index (κ2) is 5.38. The summed E-state index contributed by atoms with van der Waals surface area (Å²) in [6.07, 6.45) is 4.14. The van der Waals surface area contributed by atoms with Crippen LogP contribution in [0.2, 0.25) is 0 Å². The molecule has 0 atom stereocenters. The van der Waals surface area contributed by atoms with Crippen molar-refractivity contribution < 1.29 is 4.74 Å². The van der Waals surface area contributed by atoms with Crippen LogP contribution in [0.4, 0.5) is 0 Å². The molecule has 0 aliphatic heterocycles. The summed E-state index contributed by atoms with van der Waals surface area (Å²) in [5.41, 5.74) is 1.14. The lowest BCUT2D eigenvalue weighted by atomic mass is 9.99. The molecule has 0 saturated carbocycles. The van der Waals surface area contributed by atoms with Crippen LogP contribution in [0.5, 0.6) is 5.75 Å². The van der Waals surface area contributed by atoms with Gasteiger partial charge in [-0.3, -0.25) is 0 Å². The molecule has 0 unspecified atom stereocenters. The largest absolute Gasteiger partial charge is 0.493 e. The molecule has 0 heterocycles. The minimum atomic E-state index is 0.677. The Bertz CT molecular complexity index is 784. The third kappa shape index (κ3) is 2.05. The Morgan fingerprint density at radius 2 is 1.70 bits per heavy atom. The van der Waals surface area contributed by atoms with Crippen molar-refractivity contribution in [1.82, 2.24) is 0 Å². The maximum atomic E-state index is 5.90. The van der Waals surface area contributed by atoms with E-state index < -0.39 is 0 Å². The van der Waals surface area contributed by atoms with Crippen LogP contribution >= 0.6 is 0 Å². The van der Waals surface area contributed by atoms with E-state index in [1.54, 1.807) is 0 Å². The third-order valence-corrected chi connectivity index (χ3v) is 3.54. The number of hydrogen-bond acceptors (Lipinski definition) is 1. The quantitative estimate of drug-likeness (QED) is 0.572. The zero-order chi connectivity index (χ0) is 13.9. The molecule has 3 aromatic rings. The molecular weight excluding hydrogens is 244 g/mol. The van der Waals surface area contributed by atoms with Crippen LogP contribution < -0.4 is 4.74 Å². The van der Waals surface area contributed by atoms with Crippen molar-refractivity contribution in [2.24, 2.45) is 0 Å². The summed E-state index contributed by atoms with van der Waals surface area (Å²) in [6.45, 7) is 4.73. The molecule has 1 nitrogen and oxygen atoms in total. The third-order valence-electron chi connectivity index (χ3n) is 3.54. The van der Waals surface area contributed by atoms with Gasteiger partial charge in [0.2, 0.25) is 0 Å². The predicted octanol–water partition coefficient (Wildman–Crippen LogP) is 5.42. The molecule has 0 radical (unpaired) electrons. The maximum Gasteiger partial charge on any atom is 0.134 e. The van der Waals surface area contributed by atoms with Gasteiger partial charge in [-0.15, -0.1) is 0 Å². The van der Waals surface area contributed by atoms with Crippen LogP contribution in [0.25, 0.3) is 27.6 Å². The van der Waals surface area contributed by atoms with Crippen LogP contribution in [-0.4, -0.2) is 6.61 Å². The second-order valence-electron chi connectivity index (χ2n) is 4.80. The Kier molecular flexibility index (Phi) is 3.42. The Labute approximate surface area is 119 Å². The fourth-order valence-electron chi connectivity index (χ4n) is 2.69. The van der Waals surface area contributed by atoms with Crippen molar-refractivity contribution in [3.63, 3.8) is 0 Å². The van der Waals surface area contributed by atoms with Crippen molar-refractivity contribution in [2.45, 2.75) is 13.8 Å². The molecule has 1 heteroatoms. The second-order valence-corrected chi connectivity index (χ2v) is 4.80. The van der Waals surface area contributed by atoms with Gasteiger partial charge in [0, 0.05) is 10.9 Å². The molecule has 3 rings (SSSR count). The van der Waals surface area contributed by atoms with Crippen molar-refractivity contribution in [1.29, 1.82) is 0 Å². The lowest BCUT2D eigenvalue weighted by Gasteiger charge is -2.13. The van der Waals surface area contributed by atoms with Crippen LogP contribution in [0.1, 0.15) is 19.4 Å². The van der Waals surface area contributed by atoms with E-state index >= 15 is 0 Å². The highest BCUT2D eigenvalue weighted by molar-refractivity contribution is 6.10. The molecule has 20 heavy (non-hydrogen) atoms. The summed E-state index contributed by atoms with van der Waals surface area (Å²) >= 11 is 0. The first-order valence-corrected chi connectivity index (χ1v) is 7.05. The summed E-state index contributed by atoms with van der Waals surface area (Å²) in [6, 6.07) is 17.1. The Balaban J connectivity index is 2.39. The molecule has 3 aromatic carbocycles. The number of allylic oxidation sites excluding steroid dienone is 1. The van der Waals surface area contributed by atoms with E-state index in [1.165, 1.54) is 21.5 Å². The molecule has 0 fully saturated rings. The van der Waals surface area contributed by atoms with Gasteiger partial charge in [0.1, 0.15) is 5.75 Å². The highest BCUT2D eigenvalue weighted by Gasteiger charge is 2.09. The first kappa shape index (κ1) is 12.7. The van der Waals surface area contributed by atoms with Gasteiger partial charge in [0.15, 0.2) is 0 Å². The van der Waals surface area contributed by atoms with Gasteiger partial charge in [0.05, 0.1) is 6.61 Å². The topological polar surface area (TPSA) is 9.23 Å². The highest BCUT2D eigenvalue weighted by atomic mass is 16.5. The summed E-state index contributed by atoms with van der Waals surface area (Å²) < 4.78 is 5.90. The van der Waals surface area contributed by atoms with Crippen molar-refractivity contribution >= 4 is 27.6 Å². The van der Waals surface area contributed by atoms with Gasteiger partial charge in [-0.2, -0.15) is 0 Å². The van der Waals surface area contributed by atoms with Crippen molar-refractivity contribution in [3.8, 4) is 5.75 Å². The summed E-state index contributed by atoms with van der Waals surface area (Å²) in [4.78, 5) is 0. The minimum Gasteiger partial charge on any atom is -0.493 e. The SMILES string of the molecule is CC=Cc1ccc2c(ccc3ccccc32)c1OCC. The molecule has 0 aromatic heterocycles. The van der Waals surface area contributed by atoms with E-state index in [4.69, 9.17) is 4.74 Å². The van der Waals surface area contributed by atoms with E-state index in [0.29, 0.717) is 6.61 Å². The van der Waals surface area contributed by atoms with E-state index in [-0.39, 0.29) is 0 Å². The number of benzene rings is 3. The fourth-order valence-corrected chi connectivity index (χ4v) is 2.69. The monoisotopic (exact) mass is 262 g/mol. The molecule has 0 aliphatic carbocycles. The fraction of sp³-hybridized carbons (Fsp3) is 0.158. The van der Waals surface area contributed by atoms with Gasteiger partial charge in [-0.05, 0) is 36.1 Å². The zero-order valence-corrected chi connectivity index (χ0v) is 11.9. The summed E-state index contributed by atoms with van der Waals surface area (Å²) in [5, 5.41) is 4.97. The molecule has 0 saturated heterocycles. The molecule has 0 spiro atoms. The van der Waals surface area contributed by atoms with Crippen molar-refractivity contribution in [2.75, 3.05) is 6.61 Å². The Morgan fingerprint density at radius 1 is 0.900 bits per heavy atom. The van der Waals surface area contributed by atoms with Crippen molar-refractivity contribution in [3.05, 3.63) is 60.2 Å². The van der Waals surface area contributed by atoms with Gasteiger partial charge in [0.25, 0.3) is 0 Å². The average Bonchev–Trinajstić information content (AvgIpc) is 2.49. The first-order chi connectivity index (χ1) is 9.85. The lowest BCUT2D eigenvalue weighted by Crippen LogP contribution is -1.95. The molecule has 0 aliphatic rings. The van der Waals surface area contributed by atoms with Crippen LogP contribution in [0.15, 0.2) is 54.6 Å². The number of ether oxygens (including phenoxy) is 1. The summed E-state index contributed by atoms with van der Waals surface area (Å²) in [5.74, 6) is 0.980. The van der Waals surface area contributed by atoms with Gasteiger partial charge >= 0.3 is 0 Å². The normalized spacial score (nSPS) is 11.5. The Hall–Kier alpha value is -2.28. The molecule has 0 amide bonds. The zero-order valence-electron chi connectivity index (χ0n) is 11.9. The minimum absolute atomic E-state index is 0.677. The van der Waals surface area contributed by atoms with E-state index in [0.717, 1.165) is 11.3 Å². The van der Waals surface area contributed by atoms with E-state index in [2.05, 4.69) is 54.6 Å². The number of hydrogen-bond donors (Lipinski definition) is 0. The highest BCUT2D eigenvalue weighted by Crippen LogP contribution is 2.35. The first-order valence-electron chi connectivity index (χ1n) is 7.05. The molecule has 0 bridgehead atoms. The smallest absolute Gasteiger partial charge is 0.134 e. The standard InChI is InChI=1S/C19H18O/c1-3-7-15-11-12-17-16-9-6-5-8-14(16)10-13-18(17)19(15)20-4-2/h3,5-13H,4H2,1-2H3. The van der Waals surface area contributed by atoms with Gasteiger partial charge in [-0.1, -0.05) is 54.6 Å². The average molecular weight is 262 g/mol. The number of rotatable bonds is 3. The van der Waals surface area contributed by atoms with E-state index in [1.807, 2.05) is 19.9 Å². The maximum absolute atomic E-state index is 5.90. The Morgan fingerprint density at radius 3 is 2.50 bits per heavy atom. The summed E-state index contributed by atoms with van der Waals surface area (Å²) in [7, 11) is 0. The van der Waals surface area contributed by atoms with Crippen LogP contribution in [0, 0.1) is 0 Å². The molecular formula is C19H18O. The lowest BCUT2D eigenvalue weighted by molar-refractivity contribution is 0.343. The predicted molar refractivity (Wildman–Crippen MR) is 87.3 cm³/mol. The van der Waals surface area contributed by atoms with Crippen LogP contribution in [-0.2, 0) is 0 Å². The van der Waals surface area contributed by atoms with Gasteiger partial charge < -0.3 is 4.74 Å². The molecule has 0 N–H and O–H groups in total. The van der Waals surface area contributed by atoms with Crippen LogP contribution in [0.3, 0.4) is 0 Å². The molecule has 100 valence electrons. The number of fused-ring (bicyclic) bond motifs is 3.